The van der Waals surface area contributed by atoms with Crippen molar-refractivity contribution in [2.45, 2.75) is 52.9 Å². The van der Waals surface area contributed by atoms with Gasteiger partial charge in [0.2, 0.25) is 5.24 Å². The zero-order valence-electron chi connectivity index (χ0n) is 8.32. The number of unbranched alkanes of at least 4 members (excludes halogenated alkanes) is 1. The molecule has 0 amide bonds. The van der Waals surface area contributed by atoms with Crippen LogP contribution in [0.15, 0.2) is 0 Å². The second kappa shape index (κ2) is 5.58. The summed E-state index contributed by atoms with van der Waals surface area (Å²) in [6.45, 7) is 6.58. The summed E-state index contributed by atoms with van der Waals surface area (Å²) in [4.78, 5) is 10.5. The molecule has 0 saturated heterocycles. The predicted molar refractivity (Wildman–Crippen MR) is 53.4 cm³/mol. The molecule has 2 heteroatoms. The number of rotatable bonds is 6. The van der Waals surface area contributed by atoms with Gasteiger partial charge in [0.25, 0.3) is 0 Å². The molecule has 0 aliphatic rings. The summed E-state index contributed by atoms with van der Waals surface area (Å²) in [7, 11) is 0. The number of hydrogen-bond acceptors (Lipinski definition) is 1. The van der Waals surface area contributed by atoms with Gasteiger partial charge in [-0.3, -0.25) is 4.79 Å². The van der Waals surface area contributed by atoms with Crippen LogP contribution in [0.25, 0.3) is 0 Å². The normalized spacial score (nSPS) is 11.7. The highest BCUT2D eigenvalue weighted by molar-refractivity contribution is 6.63. The fourth-order valence-corrected chi connectivity index (χ4v) is 1.31. The lowest BCUT2D eigenvalue weighted by Crippen LogP contribution is -2.12. The summed E-state index contributed by atoms with van der Waals surface area (Å²) in [5, 5.41) is -0.209. The van der Waals surface area contributed by atoms with Crippen LogP contribution in [0.1, 0.15) is 52.9 Å². The molecular formula is C10H19ClO. The minimum absolute atomic E-state index is 0.209. The van der Waals surface area contributed by atoms with Crippen LogP contribution in [0.2, 0.25) is 0 Å². The third-order valence-electron chi connectivity index (χ3n) is 2.21. The first-order chi connectivity index (χ1) is 5.48. The zero-order chi connectivity index (χ0) is 9.61. The van der Waals surface area contributed by atoms with Crippen molar-refractivity contribution in [2.24, 2.45) is 5.41 Å². The van der Waals surface area contributed by atoms with E-state index in [2.05, 4.69) is 20.8 Å². The summed E-state index contributed by atoms with van der Waals surface area (Å²) in [5.74, 6) is 0. The Morgan fingerprint density at radius 2 is 1.92 bits per heavy atom. The first-order valence-corrected chi connectivity index (χ1v) is 5.04. The highest BCUT2D eigenvalue weighted by Gasteiger charge is 2.17. The molecule has 0 aromatic heterocycles. The molecule has 0 heterocycles. The lowest BCUT2D eigenvalue weighted by atomic mass is 9.83. The monoisotopic (exact) mass is 190 g/mol. The number of carbonyl (C=O) groups excluding carboxylic acids is 1. The Kier molecular flexibility index (Phi) is 5.56. The summed E-state index contributed by atoms with van der Waals surface area (Å²) >= 11 is 5.28. The van der Waals surface area contributed by atoms with E-state index in [9.17, 15) is 4.79 Å². The largest absolute Gasteiger partial charge is 0.281 e. The van der Waals surface area contributed by atoms with Crippen molar-refractivity contribution >= 4 is 16.8 Å². The molecule has 1 nitrogen and oxygen atoms in total. The van der Waals surface area contributed by atoms with Gasteiger partial charge in [-0.05, 0) is 29.9 Å². The standard InChI is InChI=1S/C10H19ClO/c1-4-5-7-10(2,3)8-6-9(11)12/h4-8H2,1-3H3. The smallest absolute Gasteiger partial charge is 0.221 e. The van der Waals surface area contributed by atoms with E-state index in [-0.39, 0.29) is 10.7 Å². The van der Waals surface area contributed by atoms with E-state index in [1.165, 1.54) is 19.3 Å². The molecule has 0 aromatic carbocycles. The summed E-state index contributed by atoms with van der Waals surface area (Å²) < 4.78 is 0. The van der Waals surface area contributed by atoms with Crippen molar-refractivity contribution in [3.63, 3.8) is 0 Å². The molecular weight excluding hydrogens is 172 g/mol. The summed E-state index contributed by atoms with van der Waals surface area (Å²) in [6, 6.07) is 0. The van der Waals surface area contributed by atoms with Gasteiger partial charge in [-0.2, -0.15) is 0 Å². The average Bonchev–Trinajstić information content (AvgIpc) is 1.98. The second-order valence-electron chi connectivity index (χ2n) is 4.12. The SMILES string of the molecule is CCCCC(C)(C)CCC(=O)Cl. The molecule has 0 radical (unpaired) electrons. The van der Waals surface area contributed by atoms with Gasteiger partial charge in [0.1, 0.15) is 0 Å². The number of carbonyl (C=O) groups is 1. The zero-order valence-corrected chi connectivity index (χ0v) is 9.08. The van der Waals surface area contributed by atoms with Gasteiger partial charge in [0.15, 0.2) is 0 Å². The summed E-state index contributed by atoms with van der Waals surface area (Å²) in [5.41, 5.74) is 0.278. The van der Waals surface area contributed by atoms with E-state index in [0.717, 1.165) is 6.42 Å². The Morgan fingerprint density at radius 3 is 2.33 bits per heavy atom. The molecule has 0 fully saturated rings. The summed E-state index contributed by atoms with van der Waals surface area (Å²) in [6.07, 6.45) is 5.07. The molecule has 72 valence electrons. The highest BCUT2D eigenvalue weighted by atomic mass is 35.5. The van der Waals surface area contributed by atoms with Crippen molar-refractivity contribution in [3.05, 3.63) is 0 Å². The van der Waals surface area contributed by atoms with Crippen LogP contribution in [-0.2, 0) is 4.79 Å². The number of halogens is 1. The Bertz CT molecular complexity index is 141. The third kappa shape index (κ3) is 6.66. The maximum atomic E-state index is 10.5. The first kappa shape index (κ1) is 12.0. The molecule has 12 heavy (non-hydrogen) atoms. The predicted octanol–water partition coefficient (Wildman–Crippen LogP) is 3.75. The molecule has 0 aromatic rings. The molecule has 0 atom stereocenters. The molecule has 0 bridgehead atoms. The van der Waals surface area contributed by atoms with Crippen LogP contribution in [0, 0.1) is 5.41 Å². The highest BCUT2D eigenvalue weighted by Crippen LogP contribution is 2.29. The van der Waals surface area contributed by atoms with Crippen LogP contribution in [0.4, 0.5) is 0 Å². The van der Waals surface area contributed by atoms with Crippen molar-refractivity contribution in [1.82, 2.24) is 0 Å². The molecule has 0 aliphatic carbocycles. The lowest BCUT2D eigenvalue weighted by molar-refractivity contribution is -0.112. The van der Waals surface area contributed by atoms with Gasteiger partial charge in [0, 0.05) is 6.42 Å². The van der Waals surface area contributed by atoms with E-state index < -0.39 is 0 Å². The van der Waals surface area contributed by atoms with Gasteiger partial charge in [-0.15, -0.1) is 0 Å². The second-order valence-corrected chi connectivity index (χ2v) is 4.54. The van der Waals surface area contributed by atoms with E-state index in [1.54, 1.807) is 0 Å². The molecule has 0 rings (SSSR count). The van der Waals surface area contributed by atoms with E-state index in [4.69, 9.17) is 11.6 Å². The minimum atomic E-state index is -0.209. The topological polar surface area (TPSA) is 17.1 Å². The van der Waals surface area contributed by atoms with Crippen LogP contribution < -0.4 is 0 Å². The minimum Gasteiger partial charge on any atom is -0.281 e. The van der Waals surface area contributed by atoms with Crippen LogP contribution >= 0.6 is 11.6 Å². The van der Waals surface area contributed by atoms with Crippen molar-refractivity contribution in [2.75, 3.05) is 0 Å². The van der Waals surface area contributed by atoms with E-state index in [0.29, 0.717) is 6.42 Å². The van der Waals surface area contributed by atoms with Gasteiger partial charge in [-0.1, -0.05) is 33.6 Å². The van der Waals surface area contributed by atoms with Gasteiger partial charge in [0.05, 0.1) is 0 Å². The fraction of sp³-hybridized carbons (Fsp3) is 0.900. The Labute approximate surface area is 80.5 Å². The van der Waals surface area contributed by atoms with Gasteiger partial charge < -0.3 is 0 Å². The van der Waals surface area contributed by atoms with Crippen LogP contribution in [-0.4, -0.2) is 5.24 Å². The fourth-order valence-electron chi connectivity index (χ4n) is 1.22. The van der Waals surface area contributed by atoms with Gasteiger partial charge in [-0.25, -0.2) is 0 Å². The van der Waals surface area contributed by atoms with E-state index in [1.807, 2.05) is 0 Å². The molecule has 0 saturated carbocycles. The molecule has 0 spiro atoms. The maximum absolute atomic E-state index is 10.5. The Hall–Kier alpha value is -0.0400. The average molecular weight is 191 g/mol. The molecule has 0 aliphatic heterocycles. The van der Waals surface area contributed by atoms with Crippen molar-refractivity contribution in [1.29, 1.82) is 0 Å². The van der Waals surface area contributed by atoms with E-state index >= 15 is 0 Å². The van der Waals surface area contributed by atoms with Crippen molar-refractivity contribution in [3.8, 4) is 0 Å². The molecule has 0 N–H and O–H groups in total. The van der Waals surface area contributed by atoms with Crippen LogP contribution in [0.3, 0.4) is 0 Å². The Morgan fingerprint density at radius 1 is 1.33 bits per heavy atom. The number of hydrogen-bond donors (Lipinski definition) is 0. The molecule has 0 unspecified atom stereocenters. The third-order valence-corrected chi connectivity index (χ3v) is 2.39. The van der Waals surface area contributed by atoms with Crippen LogP contribution in [0.5, 0.6) is 0 Å². The van der Waals surface area contributed by atoms with Crippen molar-refractivity contribution < 1.29 is 4.79 Å². The maximum Gasteiger partial charge on any atom is 0.221 e. The quantitative estimate of drug-likeness (QED) is 0.583. The first-order valence-electron chi connectivity index (χ1n) is 4.66. The Balaban J connectivity index is 3.63. The lowest BCUT2D eigenvalue weighted by Gasteiger charge is -2.23. The van der Waals surface area contributed by atoms with Gasteiger partial charge >= 0.3 is 0 Å².